The molecule has 0 fully saturated rings. The number of fused-ring (bicyclic) bond motifs is 8. The number of aromatic nitrogens is 1. The maximum atomic E-state index is 15.4. The third-order valence-corrected chi connectivity index (χ3v) is 11.0. The minimum Gasteiger partial charge on any atom is -0.309 e. The number of nitrogens with zero attached hydrogens (tertiary/aromatic N) is 1. The van der Waals surface area contributed by atoms with Crippen molar-refractivity contribution in [3.63, 3.8) is 0 Å². The quantitative estimate of drug-likeness (QED) is 0.229. The average Bonchev–Trinajstić information content (AvgIpc) is 3.44. The molecule has 1 aromatic heterocycles. The first-order chi connectivity index (χ1) is 18.2. The molecule has 37 heavy (non-hydrogen) atoms. The molecule has 7 aromatic rings. The molecule has 1 aliphatic heterocycles. The molecule has 0 spiro atoms. The van der Waals surface area contributed by atoms with Crippen molar-refractivity contribution < 1.29 is 4.57 Å². The van der Waals surface area contributed by atoms with Gasteiger partial charge in [-0.1, -0.05) is 109 Å². The molecule has 174 valence electrons. The molecule has 6 aromatic carbocycles. The van der Waals surface area contributed by atoms with Gasteiger partial charge in [0.1, 0.15) is 0 Å². The molecule has 2 heterocycles. The normalized spacial score (nSPS) is 16.3. The Morgan fingerprint density at radius 2 is 1.27 bits per heavy atom. The van der Waals surface area contributed by atoms with E-state index in [0.29, 0.717) is 0 Å². The molecule has 3 heteroatoms. The molecule has 2 nitrogen and oxygen atoms in total. The molecule has 1 atom stereocenters. The van der Waals surface area contributed by atoms with Gasteiger partial charge in [-0.2, -0.15) is 0 Å². The Bertz CT molecular complexity index is 2070. The minimum absolute atomic E-state index is 0.885. The van der Waals surface area contributed by atoms with Gasteiger partial charge in [-0.25, -0.2) is 0 Å². The second-order valence-corrected chi connectivity index (χ2v) is 12.4. The SMILES string of the molecule is O=P1(c2ccccc2)c2ccccc2-c2ccc3c(c21)c1ccccc1n3-c1ccc2ccccc2c1. The molecule has 0 radical (unpaired) electrons. The molecular formula is C34H22NOP. The predicted octanol–water partition coefficient (Wildman–Crippen LogP) is 7.56. The standard InChI is InChI=1S/C34H22NOP/c36-37(26-12-2-1-3-13-26)32-17-9-7-14-27(32)28-20-21-31-33(34(28)37)29-15-6-8-16-30(29)35(31)25-19-18-23-10-4-5-11-24(23)22-25/h1-22H. The van der Waals surface area contributed by atoms with Gasteiger partial charge in [0.05, 0.1) is 11.0 Å². The summed E-state index contributed by atoms with van der Waals surface area (Å²) < 4.78 is 17.8. The topological polar surface area (TPSA) is 22.0 Å². The number of para-hydroxylation sites is 1. The number of benzene rings is 6. The van der Waals surface area contributed by atoms with Crippen LogP contribution in [0, 0.1) is 0 Å². The van der Waals surface area contributed by atoms with E-state index in [4.69, 9.17) is 0 Å². The van der Waals surface area contributed by atoms with Gasteiger partial charge >= 0.3 is 0 Å². The van der Waals surface area contributed by atoms with Gasteiger partial charge in [0.25, 0.3) is 0 Å². The number of hydrogen-bond donors (Lipinski definition) is 0. The van der Waals surface area contributed by atoms with Crippen molar-refractivity contribution >= 4 is 55.6 Å². The van der Waals surface area contributed by atoms with Crippen molar-refractivity contribution in [2.75, 3.05) is 0 Å². The van der Waals surface area contributed by atoms with E-state index in [1.807, 2.05) is 42.5 Å². The van der Waals surface area contributed by atoms with Gasteiger partial charge in [0.2, 0.25) is 0 Å². The first kappa shape index (κ1) is 20.8. The van der Waals surface area contributed by atoms with E-state index in [1.54, 1.807) is 0 Å². The van der Waals surface area contributed by atoms with Crippen LogP contribution in [0.15, 0.2) is 133 Å². The summed E-state index contributed by atoms with van der Waals surface area (Å²) in [5, 5.41) is 7.43. The summed E-state index contributed by atoms with van der Waals surface area (Å²) in [5.74, 6) is 0. The minimum atomic E-state index is -3.08. The van der Waals surface area contributed by atoms with E-state index in [0.717, 1.165) is 54.5 Å². The summed E-state index contributed by atoms with van der Waals surface area (Å²) in [4.78, 5) is 0. The second kappa shape index (κ2) is 7.56. The van der Waals surface area contributed by atoms with Gasteiger partial charge in [-0.3, -0.25) is 0 Å². The zero-order valence-corrected chi connectivity index (χ0v) is 20.9. The zero-order chi connectivity index (χ0) is 24.6. The van der Waals surface area contributed by atoms with E-state index >= 15 is 4.57 Å². The first-order valence-electron chi connectivity index (χ1n) is 12.6. The predicted molar refractivity (Wildman–Crippen MR) is 157 cm³/mol. The van der Waals surface area contributed by atoms with Crippen LogP contribution in [0.4, 0.5) is 0 Å². The van der Waals surface area contributed by atoms with Gasteiger partial charge in [0.15, 0.2) is 7.14 Å². The van der Waals surface area contributed by atoms with Crippen LogP contribution in [-0.4, -0.2) is 4.57 Å². The van der Waals surface area contributed by atoms with E-state index < -0.39 is 7.14 Å². The lowest BCUT2D eigenvalue weighted by atomic mass is 10.0. The highest BCUT2D eigenvalue weighted by Crippen LogP contribution is 2.55. The largest absolute Gasteiger partial charge is 0.309 e. The third kappa shape index (κ3) is 2.74. The van der Waals surface area contributed by atoms with Crippen LogP contribution < -0.4 is 15.9 Å². The van der Waals surface area contributed by atoms with Gasteiger partial charge in [0, 0.05) is 32.4 Å². The third-order valence-electron chi connectivity index (χ3n) is 7.77. The molecule has 0 amide bonds. The fourth-order valence-corrected chi connectivity index (χ4v) is 9.47. The number of hydrogen-bond acceptors (Lipinski definition) is 1. The summed E-state index contributed by atoms with van der Waals surface area (Å²) in [6.07, 6.45) is 0. The van der Waals surface area contributed by atoms with Crippen molar-refractivity contribution in [2.45, 2.75) is 0 Å². The van der Waals surface area contributed by atoms with E-state index in [1.165, 1.54) is 10.8 Å². The Morgan fingerprint density at radius 3 is 2.16 bits per heavy atom. The maximum Gasteiger partial charge on any atom is 0.172 e. The van der Waals surface area contributed by atoms with Crippen LogP contribution in [0.3, 0.4) is 0 Å². The summed E-state index contributed by atoms with van der Waals surface area (Å²) in [6, 6.07) is 46.2. The molecule has 0 aliphatic carbocycles. The highest BCUT2D eigenvalue weighted by atomic mass is 31.2. The Labute approximate surface area is 214 Å². The monoisotopic (exact) mass is 491 g/mol. The van der Waals surface area contributed by atoms with Crippen molar-refractivity contribution in [1.82, 2.24) is 4.57 Å². The molecule has 1 aliphatic rings. The Hall–Kier alpha value is -4.39. The smallest absolute Gasteiger partial charge is 0.172 e. The summed E-state index contributed by atoms with van der Waals surface area (Å²) in [6.45, 7) is 0. The summed E-state index contributed by atoms with van der Waals surface area (Å²) in [5.41, 5.74) is 5.47. The number of rotatable bonds is 2. The summed E-state index contributed by atoms with van der Waals surface area (Å²) in [7, 11) is -3.08. The van der Waals surface area contributed by atoms with Crippen LogP contribution >= 0.6 is 7.14 Å². The Morgan fingerprint density at radius 1 is 0.541 bits per heavy atom. The van der Waals surface area contributed by atoms with Gasteiger partial charge in [-0.15, -0.1) is 0 Å². The van der Waals surface area contributed by atoms with E-state index in [2.05, 4.69) is 95.6 Å². The van der Waals surface area contributed by atoms with Crippen molar-refractivity contribution in [1.29, 1.82) is 0 Å². The molecule has 0 N–H and O–H groups in total. The maximum absolute atomic E-state index is 15.4. The fourth-order valence-electron chi connectivity index (χ4n) is 6.18. The molecule has 0 saturated carbocycles. The molecule has 0 bridgehead atoms. The molecule has 1 unspecified atom stereocenters. The van der Waals surface area contributed by atoms with E-state index in [-0.39, 0.29) is 0 Å². The van der Waals surface area contributed by atoms with Crippen LogP contribution in [-0.2, 0) is 4.57 Å². The Kier molecular flexibility index (Phi) is 4.24. The lowest BCUT2D eigenvalue weighted by Crippen LogP contribution is -2.21. The van der Waals surface area contributed by atoms with Gasteiger partial charge < -0.3 is 9.13 Å². The fraction of sp³-hybridized carbons (Fsp3) is 0. The van der Waals surface area contributed by atoms with Crippen molar-refractivity contribution in [3.05, 3.63) is 133 Å². The van der Waals surface area contributed by atoms with Crippen LogP contribution in [0.2, 0.25) is 0 Å². The lowest BCUT2D eigenvalue weighted by Gasteiger charge is -2.17. The lowest BCUT2D eigenvalue weighted by molar-refractivity contribution is 0.593. The zero-order valence-electron chi connectivity index (χ0n) is 20.0. The van der Waals surface area contributed by atoms with Crippen LogP contribution in [0.1, 0.15) is 0 Å². The van der Waals surface area contributed by atoms with Crippen molar-refractivity contribution in [3.8, 4) is 16.8 Å². The molecule has 8 rings (SSSR count). The molecule has 0 saturated heterocycles. The first-order valence-corrected chi connectivity index (χ1v) is 14.3. The highest BCUT2D eigenvalue weighted by Gasteiger charge is 2.42. The molecular weight excluding hydrogens is 469 g/mol. The van der Waals surface area contributed by atoms with E-state index in [9.17, 15) is 0 Å². The van der Waals surface area contributed by atoms with Crippen LogP contribution in [0.25, 0.3) is 49.4 Å². The summed E-state index contributed by atoms with van der Waals surface area (Å²) >= 11 is 0. The average molecular weight is 492 g/mol. The van der Waals surface area contributed by atoms with Gasteiger partial charge in [-0.05, 0) is 46.2 Å². The van der Waals surface area contributed by atoms with Crippen molar-refractivity contribution in [2.24, 2.45) is 0 Å². The Balaban J connectivity index is 1.54. The highest BCUT2D eigenvalue weighted by molar-refractivity contribution is 7.86. The van der Waals surface area contributed by atoms with Crippen LogP contribution in [0.5, 0.6) is 0 Å². The second-order valence-electron chi connectivity index (χ2n) is 9.70.